The van der Waals surface area contributed by atoms with Gasteiger partial charge in [0.05, 0.1) is 82.0 Å². The fraction of sp³-hybridized carbons (Fsp3) is 0.0152. The Morgan fingerprint density at radius 2 is 0.750 bits per heavy atom. The van der Waals surface area contributed by atoms with E-state index in [-0.39, 0.29) is 16.8 Å². The first-order valence-corrected chi connectivity index (χ1v) is 23.9. The first-order valence-electron chi connectivity index (χ1n) is 23.9. The van der Waals surface area contributed by atoms with Crippen LogP contribution in [0.1, 0.15) is 16.7 Å². The van der Waals surface area contributed by atoms with Gasteiger partial charge in [-0.05, 0) is 159 Å². The zero-order valence-electron chi connectivity index (χ0n) is 39.9. The molecular weight excluding hydrogens is 948 g/mol. The van der Waals surface area contributed by atoms with E-state index in [1.165, 1.54) is 12.1 Å². The molecule has 0 amide bonds. The third-order valence-corrected chi connectivity index (χ3v) is 14.0. The van der Waals surface area contributed by atoms with Gasteiger partial charge >= 0.3 is 6.18 Å². The number of hydrogen-bond donors (Lipinski definition) is 0. The molecule has 0 radical (unpaired) electrons. The molecule has 0 aliphatic rings. The zero-order valence-corrected chi connectivity index (χ0v) is 39.9. The van der Waals surface area contributed by atoms with Crippen LogP contribution in [0.4, 0.5) is 30.2 Å². The maximum atomic E-state index is 15.1. The summed E-state index contributed by atoms with van der Waals surface area (Å²) in [4.78, 5) is 11.3. The van der Waals surface area contributed by atoms with Crippen molar-refractivity contribution in [1.29, 1.82) is 10.5 Å². The largest absolute Gasteiger partial charge is 0.416 e. The molecular formula is C66H34F3N7. The fourth-order valence-electron chi connectivity index (χ4n) is 10.5. The van der Waals surface area contributed by atoms with Crippen molar-refractivity contribution in [1.82, 2.24) is 9.13 Å². The van der Waals surface area contributed by atoms with Crippen LogP contribution in [0.15, 0.2) is 206 Å². The average molecular weight is 982 g/mol. The molecule has 0 aliphatic carbocycles. The highest BCUT2D eigenvalue weighted by molar-refractivity contribution is 6.14. The maximum Gasteiger partial charge on any atom is 0.416 e. The van der Waals surface area contributed by atoms with E-state index in [0.29, 0.717) is 33.9 Å². The molecule has 12 rings (SSSR count). The lowest BCUT2D eigenvalue weighted by atomic mass is 9.96. The number of aromatic nitrogens is 2. The van der Waals surface area contributed by atoms with Crippen molar-refractivity contribution in [2.45, 2.75) is 6.18 Å². The Kier molecular flexibility index (Phi) is 11.1. The van der Waals surface area contributed by atoms with Gasteiger partial charge in [-0.15, -0.1) is 0 Å². The Morgan fingerprint density at radius 1 is 0.368 bits per heavy atom. The Bertz CT molecular complexity index is 4420. The van der Waals surface area contributed by atoms with Crippen molar-refractivity contribution in [2.75, 3.05) is 0 Å². The van der Waals surface area contributed by atoms with E-state index in [0.717, 1.165) is 94.2 Å². The van der Waals surface area contributed by atoms with E-state index in [2.05, 4.69) is 55.5 Å². The molecule has 2 heterocycles. The van der Waals surface area contributed by atoms with Crippen LogP contribution in [0.3, 0.4) is 0 Å². The molecule has 0 atom stereocenters. The molecule has 10 aromatic carbocycles. The number of halogens is 3. The van der Waals surface area contributed by atoms with Crippen molar-refractivity contribution in [3.8, 4) is 79.1 Å². The predicted octanol–water partition coefficient (Wildman–Crippen LogP) is 18.6. The predicted molar refractivity (Wildman–Crippen MR) is 296 cm³/mol. The summed E-state index contributed by atoms with van der Waals surface area (Å²) < 4.78 is 49.4. The molecule has 0 bridgehead atoms. The first kappa shape index (κ1) is 46.1. The summed E-state index contributed by atoms with van der Waals surface area (Å²) in [5.41, 5.74) is 11.7. The molecule has 2 aromatic heterocycles. The van der Waals surface area contributed by atoms with Crippen LogP contribution in [0.5, 0.6) is 0 Å². The van der Waals surface area contributed by atoms with Crippen LogP contribution >= 0.6 is 0 Å². The molecule has 0 unspecified atom stereocenters. The van der Waals surface area contributed by atoms with Gasteiger partial charge in [-0.2, -0.15) is 23.7 Å². The van der Waals surface area contributed by atoms with Gasteiger partial charge in [-0.25, -0.2) is 14.5 Å². The van der Waals surface area contributed by atoms with E-state index in [1.807, 2.05) is 126 Å². The molecule has 0 saturated carbocycles. The van der Waals surface area contributed by atoms with Gasteiger partial charge in [-0.3, -0.25) is 0 Å². The lowest BCUT2D eigenvalue weighted by Crippen LogP contribution is -2.08. The van der Waals surface area contributed by atoms with Crippen LogP contribution in [0, 0.1) is 42.4 Å². The van der Waals surface area contributed by atoms with Crippen molar-refractivity contribution in [3.05, 3.63) is 257 Å². The second kappa shape index (κ2) is 18.3. The summed E-state index contributed by atoms with van der Waals surface area (Å²) in [7, 11) is 0. The van der Waals surface area contributed by atoms with Crippen molar-refractivity contribution >= 4 is 60.7 Å². The Hall–Kier alpha value is -11.0. The monoisotopic (exact) mass is 981 g/mol. The number of alkyl halides is 3. The van der Waals surface area contributed by atoms with Gasteiger partial charge in [0.1, 0.15) is 0 Å². The number of hydrogen-bond acceptors (Lipinski definition) is 2. The second-order valence-corrected chi connectivity index (χ2v) is 18.3. The van der Waals surface area contributed by atoms with Crippen molar-refractivity contribution < 1.29 is 13.2 Å². The Labute approximate surface area is 434 Å². The molecule has 354 valence electrons. The Morgan fingerprint density at radius 3 is 1.14 bits per heavy atom. The molecule has 0 aliphatic heterocycles. The van der Waals surface area contributed by atoms with Crippen LogP contribution < -0.4 is 0 Å². The summed E-state index contributed by atoms with van der Waals surface area (Å²) in [6, 6.07) is 66.8. The van der Waals surface area contributed by atoms with E-state index in [9.17, 15) is 10.5 Å². The minimum atomic E-state index is -4.75. The van der Waals surface area contributed by atoms with E-state index in [1.54, 1.807) is 42.5 Å². The lowest BCUT2D eigenvalue weighted by molar-refractivity contribution is -0.137. The fourth-order valence-corrected chi connectivity index (χ4v) is 10.5. The van der Waals surface area contributed by atoms with E-state index < -0.39 is 11.7 Å². The summed E-state index contributed by atoms with van der Waals surface area (Å²) in [5.74, 6) is 0. The normalized spacial score (nSPS) is 11.3. The zero-order chi connectivity index (χ0) is 52.2. The van der Waals surface area contributed by atoms with Crippen LogP contribution in [0.25, 0.3) is 125 Å². The summed E-state index contributed by atoms with van der Waals surface area (Å²) in [6.07, 6.45) is -4.75. The number of rotatable bonds is 7. The molecule has 0 fully saturated rings. The van der Waals surface area contributed by atoms with Gasteiger partial charge in [-0.1, -0.05) is 103 Å². The van der Waals surface area contributed by atoms with Crippen molar-refractivity contribution in [3.63, 3.8) is 0 Å². The molecule has 7 nitrogen and oxygen atoms in total. The summed E-state index contributed by atoms with van der Waals surface area (Å²) in [6.45, 7) is 24.1. The SMILES string of the molecule is [C-]#[N+]c1cccc(-c2ccc3c(c2)c2cc(-c4cccc([N+]#[C-])c4)ccc2n3-c2cc([N+]#[C-])c(-c3ccccc3C(F)(F)F)cc2-n2c3ccc(-c4cccc(C#N)c4)cc3c3cc(-c4cccc(C#N)c4)ccc32)c1. The third-order valence-electron chi connectivity index (χ3n) is 14.0. The topological polar surface area (TPSA) is 70.5 Å². The summed E-state index contributed by atoms with van der Waals surface area (Å²) in [5, 5.41) is 23.0. The molecule has 10 heteroatoms. The molecule has 12 aromatic rings. The molecule has 0 saturated heterocycles. The quantitative estimate of drug-likeness (QED) is 0.149. The third kappa shape index (κ3) is 7.83. The minimum Gasteiger partial charge on any atom is -0.308 e. The molecule has 0 spiro atoms. The highest BCUT2D eigenvalue weighted by Crippen LogP contribution is 2.48. The smallest absolute Gasteiger partial charge is 0.308 e. The second-order valence-electron chi connectivity index (χ2n) is 18.3. The van der Waals surface area contributed by atoms with Gasteiger partial charge in [0.2, 0.25) is 0 Å². The van der Waals surface area contributed by atoms with Gasteiger partial charge in [0.25, 0.3) is 0 Å². The van der Waals surface area contributed by atoms with Crippen LogP contribution in [0.2, 0.25) is 0 Å². The van der Waals surface area contributed by atoms with E-state index >= 15 is 13.2 Å². The average Bonchev–Trinajstić information content (AvgIpc) is 4.19. The number of fused-ring (bicyclic) bond motifs is 6. The van der Waals surface area contributed by atoms with E-state index in [4.69, 9.17) is 19.7 Å². The summed E-state index contributed by atoms with van der Waals surface area (Å²) >= 11 is 0. The highest BCUT2D eigenvalue weighted by atomic mass is 19.4. The van der Waals surface area contributed by atoms with Crippen LogP contribution in [-0.4, -0.2) is 9.13 Å². The maximum absolute atomic E-state index is 15.1. The number of nitriles is 2. The molecule has 76 heavy (non-hydrogen) atoms. The van der Waals surface area contributed by atoms with Gasteiger partial charge < -0.3 is 9.13 Å². The lowest BCUT2D eigenvalue weighted by Gasteiger charge is -2.21. The van der Waals surface area contributed by atoms with Gasteiger partial charge in [0.15, 0.2) is 17.1 Å². The molecule has 0 N–H and O–H groups in total. The van der Waals surface area contributed by atoms with Crippen molar-refractivity contribution in [2.24, 2.45) is 0 Å². The standard InChI is InChI=1S/C66H34F3N7/c1-72-50-16-8-14-44(30-50)48-22-26-62-56(34-48)57-35-49(45-15-9-17-51(31-45)73-2)23-27-63(57)76(62)65-37-59(74-3)53(52-18-4-5-19-58(52)66(67,68)69)36-64(65)75-60-24-20-46(42-12-6-10-40(28-42)38-70)32-54(60)55-33-47(21-25-61(55)75)43-13-7-11-41(29-43)39-71/h4-37H. The number of nitrogens with zero attached hydrogens (tertiary/aromatic N) is 7. The highest BCUT2D eigenvalue weighted by Gasteiger charge is 2.34. The van der Waals surface area contributed by atoms with Gasteiger partial charge in [0, 0.05) is 21.5 Å². The minimum absolute atomic E-state index is 0.00528. The van der Waals surface area contributed by atoms with Crippen LogP contribution in [-0.2, 0) is 6.18 Å². The first-order chi connectivity index (χ1) is 37.0. The Balaban J connectivity index is 1.22. The number of benzene rings is 10.